The number of cyclic esters (lactones) is 2. The first-order chi connectivity index (χ1) is 11.7. The predicted molar refractivity (Wildman–Crippen MR) is 97.6 cm³/mol. The third-order valence-corrected chi connectivity index (χ3v) is 4.07. The molecule has 0 bridgehead atoms. The Morgan fingerprint density at radius 3 is 1.25 bits per heavy atom. The number of carbonyl (C=O) groups excluding carboxylic acids is 2. The molecule has 0 saturated heterocycles. The molecule has 1 rings (SSSR count). The van der Waals surface area contributed by atoms with E-state index in [-0.39, 0.29) is 0 Å². The number of aliphatic hydroxyl groups is 1. The lowest BCUT2D eigenvalue weighted by Crippen LogP contribution is -1.96. The average molecular weight is 341 g/mol. The number of unbranched alkanes of at least 4 members (excludes halogenated alkanes) is 13. The normalized spacial score (nSPS) is 12.9. The van der Waals surface area contributed by atoms with Crippen molar-refractivity contribution in [1.82, 2.24) is 0 Å². The number of carbonyl (C=O) groups is 2. The second-order valence-electron chi connectivity index (χ2n) is 6.39. The van der Waals surface area contributed by atoms with Crippen LogP contribution < -0.4 is 0 Å². The van der Waals surface area contributed by atoms with E-state index in [2.05, 4.69) is 11.7 Å². The summed E-state index contributed by atoms with van der Waals surface area (Å²) in [5.41, 5.74) is 0. The van der Waals surface area contributed by atoms with Gasteiger partial charge in [0.25, 0.3) is 0 Å². The maximum Gasteiger partial charge on any atom is 0.338 e. The van der Waals surface area contributed by atoms with Crippen LogP contribution in [0.3, 0.4) is 0 Å². The van der Waals surface area contributed by atoms with Gasteiger partial charge in [-0.1, -0.05) is 90.4 Å². The highest BCUT2D eigenvalue weighted by molar-refractivity contribution is 6.04. The molecule has 1 N–H and O–H groups in total. The van der Waals surface area contributed by atoms with Gasteiger partial charge in [-0.05, 0) is 6.42 Å². The fraction of sp³-hybridized carbons (Fsp3) is 0.800. The summed E-state index contributed by atoms with van der Waals surface area (Å²) < 4.78 is 3.97. The number of ether oxygens (including phenoxy) is 1. The van der Waals surface area contributed by atoms with E-state index in [9.17, 15) is 9.59 Å². The molecule has 0 unspecified atom stereocenters. The molecule has 0 aromatic rings. The lowest BCUT2D eigenvalue weighted by Gasteiger charge is -2.02. The van der Waals surface area contributed by atoms with E-state index < -0.39 is 11.9 Å². The number of hydrogen-bond donors (Lipinski definition) is 1. The Morgan fingerprint density at radius 2 is 1.00 bits per heavy atom. The third kappa shape index (κ3) is 17.2. The van der Waals surface area contributed by atoms with Gasteiger partial charge in [-0.15, -0.1) is 0 Å². The summed E-state index contributed by atoms with van der Waals surface area (Å²) in [7, 11) is 0. The number of hydrogen-bond acceptors (Lipinski definition) is 4. The first kappa shape index (κ1) is 22.8. The van der Waals surface area contributed by atoms with Crippen molar-refractivity contribution >= 4 is 11.9 Å². The predicted octanol–water partition coefficient (Wildman–Crippen LogP) is 5.09. The van der Waals surface area contributed by atoms with Gasteiger partial charge in [0.1, 0.15) is 0 Å². The first-order valence-electron chi connectivity index (χ1n) is 9.75. The minimum Gasteiger partial charge on any atom is -0.396 e. The lowest BCUT2D eigenvalue weighted by atomic mass is 10.0. The standard InChI is InChI=1S/C16H34O.C4H2O3/c1-2-3-4-5-6-7-8-9-10-11-12-13-14-15-16-17;5-3-1-2-4(6)7-3/h17H,2-16H2,1H3;1-2H. The highest BCUT2D eigenvalue weighted by atomic mass is 16.6. The molecule has 0 aromatic heterocycles. The van der Waals surface area contributed by atoms with Gasteiger partial charge in [0.2, 0.25) is 0 Å². The van der Waals surface area contributed by atoms with Crippen LogP contribution in [0.15, 0.2) is 12.2 Å². The van der Waals surface area contributed by atoms with Gasteiger partial charge in [-0.3, -0.25) is 0 Å². The highest BCUT2D eigenvalue weighted by Crippen LogP contribution is 2.12. The summed E-state index contributed by atoms with van der Waals surface area (Å²) in [4.78, 5) is 19.8. The van der Waals surface area contributed by atoms with E-state index >= 15 is 0 Å². The Bertz CT molecular complexity index is 307. The fourth-order valence-electron chi connectivity index (χ4n) is 2.61. The molecule has 0 atom stereocenters. The highest BCUT2D eigenvalue weighted by Gasteiger charge is 2.10. The number of rotatable bonds is 14. The van der Waals surface area contributed by atoms with Crippen molar-refractivity contribution in [2.75, 3.05) is 6.61 Å². The summed E-state index contributed by atoms with van der Waals surface area (Å²) in [6.45, 7) is 2.65. The molecule has 1 aliphatic heterocycles. The maximum absolute atomic E-state index is 9.92. The van der Waals surface area contributed by atoms with Crippen molar-refractivity contribution in [3.8, 4) is 0 Å². The van der Waals surface area contributed by atoms with Crippen LogP contribution in [0.25, 0.3) is 0 Å². The summed E-state index contributed by atoms with van der Waals surface area (Å²) in [5, 5.41) is 8.64. The van der Waals surface area contributed by atoms with Gasteiger partial charge < -0.3 is 9.84 Å². The smallest absolute Gasteiger partial charge is 0.338 e. The van der Waals surface area contributed by atoms with Crippen LogP contribution in [0.4, 0.5) is 0 Å². The van der Waals surface area contributed by atoms with Crippen molar-refractivity contribution in [2.24, 2.45) is 0 Å². The van der Waals surface area contributed by atoms with Gasteiger partial charge in [-0.25, -0.2) is 9.59 Å². The van der Waals surface area contributed by atoms with Crippen molar-refractivity contribution in [3.05, 3.63) is 12.2 Å². The van der Waals surface area contributed by atoms with Crippen LogP contribution in [0.1, 0.15) is 96.8 Å². The SMILES string of the molecule is CCCCCCCCCCCCCCCCO.O=C1C=CC(=O)O1. The van der Waals surface area contributed by atoms with E-state index in [0.717, 1.165) is 18.6 Å². The van der Waals surface area contributed by atoms with Gasteiger partial charge >= 0.3 is 11.9 Å². The molecule has 0 spiro atoms. The quantitative estimate of drug-likeness (QED) is 0.272. The van der Waals surface area contributed by atoms with E-state index in [1.807, 2.05) is 0 Å². The van der Waals surface area contributed by atoms with E-state index in [4.69, 9.17) is 5.11 Å². The molecule has 1 aliphatic rings. The van der Waals surface area contributed by atoms with Gasteiger partial charge in [-0.2, -0.15) is 0 Å². The molecule has 0 amide bonds. The fourth-order valence-corrected chi connectivity index (χ4v) is 2.61. The van der Waals surface area contributed by atoms with Crippen molar-refractivity contribution in [2.45, 2.75) is 96.8 Å². The maximum atomic E-state index is 9.92. The monoisotopic (exact) mass is 340 g/mol. The van der Waals surface area contributed by atoms with Crippen molar-refractivity contribution in [3.63, 3.8) is 0 Å². The lowest BCUT2D eigenvalue weighted by molar-refractivity contribution is -0.150. The van der Waals surface area contributed by atoms with Crippen LogP contribution in [0.5, 0.6) is 0 Å². The zero-order valence-electron chi connectivity index (χ0n) is 15.4. The van der Waals surface area contributed by atoms with E-state index in [1.165, 1.54) is 83.5 Å². The first-order valence-corrected chi connectivity index (χ1v) is 9.75. The zero-order valence-corrected chi connectivity index (χ0v) is 15.4. The Balaban J connectivity index is 0.000000620. The van der Waals surface area contributed by atoms with Gasteiger partial charge in [0, 0.05) is 18.8 Å². The van der Waals surface area contributed by atoms with Crippen LogP contribution in [-0.2, 0) is 14.3 Å². The minimum absolute atomic E-state index is 0.373. The molecule has 0 aliphatic carbocycles. The minimum atomic E-state index is -0.579. The summed E-state index contributed by atoms with van der Waals surface area (Å²) in [6, 6.07) is 0. The Labute approximate surface area is 147 Å². The summed E-state index contributed by atoms with van der Waals surface area (Å²) in [5.74, 6) is -1.16. The van der Waals surface area contributed by atoms with Crippen LogP contribution >= 0.6 is 0 Å². The second-order valence-corrected chi connectivity index (χ2v) is 6.39. The molecule has 0 aromatic carbocycles. The molecular formula is C20H36O4. The molecule has 0 saturated carbocycles. The summed E-state index contributed by atoms with van der Waals surface area (Å²) in [6.07, 6.45) is 21.4. The number of aliphatic hydroxyl groups excluding tert-OH is 1. The molecule has 0 fully saturated rings. The van der Waals surface area contributed by atoms with E-state index in [1.54, 1.807) is 0 Å². The zero-order chi connectivity index (χ0) is 17.9. The molecule has 1 heterocycles. The second kappa shape index (κ2) is 18.2. The van der Waals surface area contributed by atoms with Gasteiger partial charge in [0.15, 0.2) is 0 Å². The third-order valence-electron chi connectivity index (χ3n) is 4.07. The molecule has 4 nitrogen and oxygen atoms in total. The average Bonchev–Trinajstić information content (AvgIpc) is 2.95. The topological polar surface area (TPSA) is 63.6 Å². The molecule has 4 heteroatoms. The Morgan fingerprint density at radius 1 is 0.667 bits per heavy atom. The molecular weight excluding hydrogens is 304 g/mol. The Kier molecular flexibility index (Phi) is 17.3. The van der Waals surface area contributed by atoms with Crippen LogP contribution in [-0.4, -0.2) is 23.7 Å². The largest absolute Gasteiger partial charge is 0.396 e. The van der Waals surface area contributed by atoms with Crippen LogP contribution in [0, 0.1) is 0 Å². The molecule has 0 radical (unpaired) electrons. The van der Waals surface area contributed by atoms with Crippen LogP contribution in [0.2, 0.25) is 0 Å². The molecule has 24 heavy (non-hydrogen) atoms. The van der Waals surface area contributed by atoms with Gasteiger partial charge in [0.05, 0.1) is 0 Å². The number of esters is 2. The summed E-state index contributed by atoms with van der Waals surface area (Å²) >= 11 is 0. The van der Waals surface area contributed by atoms with Crippen molar-refractivity contribution in [1.29, 1.82) is 0 Å². The van der Waals surface area contributed by atoms with Crippen molar-refractivity contribution < 1.29 is 19.4 Å². The van der Waals surface area contributed by atoms with E-state index in [0.29, 0.717) is 6.61 Å². The Hall–Kier alpha value is -1.16. The molecule has 140 valence electrons.